The van der Waals surface area contributed by atoms with E-state index in [1.54, 1.807) is 14.0 Å². The molecule has 22 heavy (non-hydrogen) atoms. The van der Waals surface area contributed by atoms with Gasteiger partial charge in [-0.05, 0) is 36.8 Å². The molecule has 0 fully saturated rings. The summed E-state index contributed by atoms with van der Waals surface area (Å²) >= 11 is 0. The van der Waals surface area contributed by atoms with E-state index >= 15 is 0 Å². The summed E-state index contributed by atoms with van der Waals surface area (Å²) in [7, 11) is 1.62. The van der Waals surface area contributed by atoms with Gasteiger partial charge in [0.1, 0.15) is 0 Å². The summed E-state index contributed by atoms with van der Waals surface area (Å²) in [5.41, 5.74) is 8.60. The highest BCUT2D eigenvalue weighted by molar-refractivity contribution is 6.18. The van der Waals surface area contributed by atoms with Gasteiger partial charge in [-0.3, -0.25) is 9.79 Å². The molecule has 0 saturated carbocycles. The van der Waals surface area contributed by atoms with Crippen LogP contribution in [-0.2, 0) is 4.79 Å². The van der Waals surface area contributed by atoms with Gasteiger partial charge >= 0.3 is 0 Å². The van der Waals surface area contributed by atoms with E-state index in [0.717, 1.165) is 17.7 Å². The molecule has 0 radical (unpaired) electrons. The lowest BCUT2D eigenvalue weighted by Gasteiger charge is -2.19. The number of hydrogen-bond acceptors (Lipinski definition) is 3. The SMILES string of the molecule is CN=CC(C(=O)Nc1ccccc1C(C)CC(C)C)=C(C)N. The molecule has 0 aliphatic carbocycles. The van der Waals surface area contributed by atoms with Crippen molar-refractivity contribution in [3.05, 3.63) is 41.1 Å². The summed E-state index contributed by atoms with van der Waals surface area (Å²) in [6, 6.07) is 7.92. The maximum atomic E-state index is 12.4. The zero-order valence-corrected chi connectivity index (χ0v) is 14.2. The number of para-hydroxylation sites is 1. The highest BCUT2D eigenvalue weighted by Crippen LogP contribution is 2.29. The molecule has 0 saturated heterocycles. The van der Waals surface area contributed by atoms with E-state index in [2.05, 4.69) is 37.1 Å². The summed E-state index contributed by atoms with van der Waals surface area (Å²) in [4.78, 5) is 16.3. The number of anilines is 1. The first-order valence-corrected chi connectivity index (χ1v) is 7.65. The molecule has 0 bridgehead atoms. The molecule has 1 aromatic carbocycles. The average molecular weight is 301 g/mol. The van der Waals surface area contributed by atoms with Gasteiger partial charge in [0.2, 0.25) is 0 Å². The molecule has 4 nitrogen and oxygen atoms in total. The molecule has 0 heterocycles. The summed E-state index contributed by atoms with van der Waals surface area (Å²) in [5, 5.41) is 2.96. The molecule has 1 aromatic rings. The lowest BCUT2D eigenvalue weighted by molar-refractivity contribution is -0.112. The lowest BCUT2D eigenvalue weighted by atomic mass is 9.91. The number of allylic oxidation sites excluding steroid dienone is 1. The number of carbonyl (C=O) groups excluding carboxylic acids is 1. The highest BCUT2D eigenvalue weighted by Gasteiger charge is 2.15. The third-order valence-electron chi connectivity index (χ3n) is 3.49. The number of nitrogens with one attached hydrogen (secondary N) is 1. The van der Waals surface area contributed by atoms with Gasteiger partial charge in [0.25, 0.3) is 5.91 Å². The molecule has 0 spiro atoms. The molecule has 1 unspecified atom stereocenters. The smallest absolute Gasteiger partial charge is 0.258 e. The number of benzene rings is 1. The minimum atomic E-state index is -0.227. The topological polar surface area (TPSA) is 67.5 Å². The van der Waals surface area contributed by atoms with Crippen LogP contribution in [0.15, 0.2) is 40.5 Å². The fourth-order valence-electron chi connectivity index (χ4n) is 2.53. The average Bonchev–Trinajstić information content (AvgIpc) is 2.44. The summed E-state index contributed by atoms with van der Waals surface area (Å²) in [6.45, 7) is 8.29. The van der Waals surface area contributed by atoms with Crippen LogP contribution < -0.4 is 11.1 Å². The zero-order valence-electron chi connectivity index (χ0n) is 14.2. The normalized spacial score (nSPS) is 14.1. The van der Waals surface area contributed by atoms with Gasteiger partial charge in [0.15, 0.2) is 0 Å². The van der Waals surface area contributed by atoms with E-state index in [0.29, 0.717) is 23.1 Å². The number of hydrogen-bond donors (Lipinski definition) is 2. The molecule has 1 atom stereocenters. The largest absolute Gasteiger partial charge is 0.402 e. The van der Waals surface area contributed by atoms with E-state index in [1.165, 1.54) is 6.21 Å². The van der Waals surface area contributed by atoms with Crippen LogP contribution in [0.1, 0.15) is 45.6 Å². The Kier molecular flexibility index (Phi) is 6.83. The zero-order chi connectivity index (χ0) is 16.7. The van der Waals surface area contributed by atoms with Crippen molar-refractivity contribution in [1.82, 2.24) is 0 Å². The van der Waals surface area contributed by atoms with Crippen molar-refractivity contribution in [2.45, 2.75) is 40.0 Å². The second-order valence-electron chi connectivity index (χ2n) is 6.06. The number of carbonyl (C=O) groups is 1. The van der Waals surface area contributed by atoms with E-state index in [4.69, 9.17) is 5.73 Å². The van der Waals surface area contributed by atoms with Crippen LogP contribution in [0.25, 0.3) is 0 Å². The minimum Gasteiger partial charge on any atom is -0.402 e. The van der Waals surface area contributed by atoms with Crippen molar-refractivity contribution in [2.24, 2.45) is 16.6 Å². The van der Waals surface area contributed by atoms with Gasteiger partial charge in [-0.2, -0.15) is 0 Å². The first-order chi connectivity index (χ1) is 10.4. The van der Waals surface area contributed by atoms with E-state index in [-0.39, 0.29) is 5.91 Å². The van der Waals surface area contributed by atoms with E-state index < -0.39 is 0 Å². The van der Waals surface area contributed by atoms with Crippen LogP contribution in [0.2, 0.25) is 0 Å². The van der Waals surface area contributed by atoms with Gasteiger partial charge in [-0.1, -0.05) is 39.0 Å². The monoisotopic (exact) mass is 301 g/mol. The van der Waals surface area contributed by atoms with Gasteiger partial charge in [0.05, 0.1) is 5.57 Å². The summed E-state index contributed by atoms with van der Waals surface area (Å²) < 4.78 is 0. The van der Waals surface area contributed by atoms with Gasteiger partial charge < -0.3 is 11.1 Å². The molecular weight excluding hydrogens is 274 g/mol. The Hall–Kier alpha value is -2.10. The second-order valence-corrected chi connectivity index (χ2v) is 6.06. The Bertz CT molecular complexity index is 569. The highest BCUT2D eigenvalue weighted by atomic mass is 16.1. The van der Waals surface area contributed by atoms with Crippen molar-refractivity contribution in [3.8, 4) is 0 Å². The Balaban J connectivity index is 3.04. The number of nitrogens with two attached hydrogens (primary N) is 1. The van der Waals surface area contributed by atoms with E-state index in [1.807, 2.05) is 18.2 Å². The Morgan fingerprint density at radius 2 is 1.95 bits per heavy atom. The van der Waals surface area contributed by atoms with E-state index in [9.17, 15) is 4.79 Å². The Morgan fingerprint density at radius 3 is 2.50 bits per heavy atom. The van der Waals surface area contributed by atoms with Crippen LogP contribution in [0.5, 0.6) is 0 Å². The Labute approximate surface area is 133 Å². The molecule has 3 N–H and O–H groups in total. The van der Waals surface area contributed by atoms with Gasteiger partial charge in [-0.25, -0.2) is 0 Å². The standard InChI is InChI=1S/C18H27N3O/c1-12(2)10-13(3)15-8-6-7-9-17(15)21-18(22)16(11-20-5)14(4)19/h6-9,11-13H,10,19H2,1-5H3,(H,21,22). The molecule has 0 aromatic heterocycles. The maximum absolute atomic E-state index is 12.4. The molecule has 0 aliphatic rings. The van der Waals surface area contributed by atoms with Crippen LogP contribution in [-0.4, -0.2) is 19.2 Å². The minimum absolute atomic E-state index is 0.227. The summed E-state index contributed by atoms with van der Waals surface area (Å²) in [5.74, 6) is 0.755. The third kappa shape index (κ3) is 5.02. The molecule has 1 amide bonds. The van der Waals surface area contributed by atoms with Crippen LogP contribution in [0, 0.1) is 5.92 Å². The third-order valence-corrected chi connectivity index (χ3v) is 3.49. The molecule has 1 rings (SSSR count). The second kappa shape index (κ2) is 8.37. The fourth-order valence-corrected chi connectivity index (χ4v) is 2.53. The van der Waals surface area contributed by atoms with Gasteiger partial charge in [-0.15, -0.1) is 0 Å². The maximum Gasteiger partial charge on any atom is 0.258 e. The molecule has 120 valence electrons. The Morgan fingerprint density at radius 1 is 1.32 bits per heavy atom. The predicted molar refractivity (Wildman–Crippen MR) is 94.2 cm³/mol. The number of aliphatic imine (C=N–C) groups is 1. The van der Waals surface area contributed by atoms with Crippen molar-refractivity contribution in [3.63, 3.8) is 0 Å². The van der Waals surface area contributed by atoms with Gasteiger partial charge in [0, 0.05) is 24.6 Å². The predicted octanol–water partition coefficient (Wildman–Crippen LogP) is 3.71. The summed E-state index contributed by atoms with van der Waals surface area (Å²) in [6.07, 6.45) is 2.56. The fraction of sp³-hybridized carbons (Fsp3) is 0.444. The number of nitrogens with zero attached hydrogens (tertiary/aromatic N) is 1. The van der Waals surface area contributed by atoms with Crippen molar-refractivity contribution >= 4 is 17.8 Å². The molecule has 4 heteroatoms. The quantitative estimate of drug-likeness (QED) is 0.621. The van der Waals surface area contributed by atoms with Crippen molar-refractivity contribution < 1.29 is 4.79 Å². The number of amides is 1. The lowest BCUT2D eigenvalue weighted by Crippen LogP contribution is -2.20. The van der Waals surface area contributed by atoms with Crippen LogP contribution in [0.3, 0.4) is 0 Å². The first-order valence-electron chi connectivity index (χ1n) is 7.65. The van der Waals surface area contributed by atoms with Crippen molar-refractivity contribution in [1.29, 1.82) is 0 Å². The molecular formula is C18H27N3O. The number of rotatable bonds is 6. The van der Waals surface area contributed by atoms with Crippen molar-refractivity contribution in [2.75, 3.05) is 12.4 Å². The molecule has 0 aliphatic heterocycles. The van der Waals surface area contributed by atoms with Crippen LogP contribution in [0.4, 0.5) is 5.69 Å². The van der Waals surface area contributed by atoms with Crippen LogP contribution >= 0.6 is 0 Å². The first kappa shape index (κ1) is 18.0.